The molecule has 0 N–H and O–H groups in total. The van der Waals surface area contributed by atoms with Gasteiger partial charge in [-0.05, 0) is 13.3 Å². The average molecular weight is 271 g/mol. The van der Waals surface area contributed by atoms with Gasteiger partial charge in [0.1, 0.15) is 11.0 Å². The fourth-order valence-electron chi connectivity index (χ4n) is 3.13. The zero-order valence-electron chi connectivity index (χ0n) is 10.4. The molecule has 0 heterocycles. The van der Waals surface area contributed by atoms with Crippen molar-refractivity contribution in [1.29, 1.82) is 0 Å². The Balaban J connectivity index is 2.44. The van der Waals surface area contributed by atoms with Gasteiger partial charge in [0.25, 0.3) is 7.11 Å². The largest absolute Gasteiger partial charge is 0.339 e. The Hall–Kier alpha value is -1.65. The fourth-order valence-corrected chi connectivity index (χ4v) is 3.13. The van der Waals surface area contributed by atoms with Gasteiger partial charge in [0.15, 0.2) is 23.3 Å². The van der Waals surface area contributed by atoms with E-state index in [-0.39, 0.29) is 16.9 Å². The Labute approximate surface area is 107 Å². The molecule has 0 aromatic heterocycles. The highest BCUT2D eigenvalue weighted by atomic mass is 19.2. The summed E-state index contributed by atoms with van der Waals surface area (Å²) >= 11 is 0. The summed E-state index contributed by atoms with van der Waals surface area (Å²) in [5.41, 5.74) is -1.04. The number of hydrogen-bond donors (Lipinski definition) is 0. The van der Waals surface area contributed by atoms with Crippen molar-refractivity contribution in [3.63, 3.8) is 0 Å². The van der Waals surface area contributed by atoms with Crippen molar-refractivity contribution in [2.75, 3.05) is 7.11 Å². The maximum absolute atomic E-state index is 14.0. The first-order valence-corrected chi connectivity index (χ1v) is 5.87. The molecular weight excluding hydrogens is 260 g/mol. The number of rotatable bonds is 0. The van der Waals surface area contributed by atoms with Crippen molar-refractivity contribution < 1.29 is 22.0 Å². The van der Waals surface area contributed by atoms with E-state index in [1.807, 2.05) is 0 Å². The number of halogens is 4. The average Bonchev–Trinajstić information content (AvgIpc) is 2.72. The quantitative estimate of drug-likeness (QED) is 0.224. The van der Waals surface area contributed by atoms with E-state index < -0.39 is 34.6 Å². The molecule has 0 amide bonds. The van der Waals surface area contributed by atoms with Gasteiger partial charge in [0.2, 0.25) is 0 Å². The summed E-state index contributed by atoms with van der Waals surface area (Å²) in [6, 6.07) is 0. The summed E-state index contributed by atoms with van der Waals surface area (Å²) in [7, 11) is 1.31. The molecule has 0 aliphatic heterocycles. The Morgan fingerprint density at radius 1 is 1.11 bits per heavy atom. The summed E-state index contributed by atoms with van der Waals surface area (Å²) in [6.07, 6.45) is 3.92. The van der Waals surface area contributed by atoms with Crippen LogP contribution < -0.4 is 0 Å². The van der Waals surface area contributed by atoms with Crippen molar-refractivity contribution in [3.8, 4) is 0 Å². The summed E-state index contributed by atoms with van der Waals surface area (Å²) in [5, 5.41) is 0. The Morgan fingerprint density at radius 3 is 2.37 bits per heavy atom. The highest BCUT2D eigenvalue weighted by Crippen LogP contribution is 2.51. The molecule has 5 heteroatoms. The van der Waals surface area contributed by atoms with Crippen molar-refractivity contribution >= 4 is 5.78 Å². The van der Waals surface area contributed by atoms with Crippen LogP contribution in [-0.2, 0) is 0 Å². The second kappa shape index (κ2) is 3.68. The van der Waals surface area contributed by atoms with Gasteiger partial charge in [-0.3, -0.25) is 4.42 Å². The fraction of sp³-hybridized carbons (Fsp3) is 0.357. The van der Waals surface area contributed by atoms with Crippen molar-refractivity contribution in [2.24, 2.45) is 5.41 Å². The van der Waals surface area contributed by atoms with Crippen LogP contribution in [0.15, 0.2) is 12.2 Å². The summed E-state index contributed by atoms with van der Waals surface area (Å²) in [6.45, 7) is 1.80. The molecule has 2 unspecified atom stereocenters. The summed E-state index contributed by atoms with van der Waals surface area (Å²) < 4.78 is 59.9. The molecule has 0 saturated carbocycles. The minimum Gasteiger partial charge on any atom is -0.261 e. The number of hydrogen-bond acceptors (Lipinski definition) is 0. The molecule has 1 aromatic carbocycles. The Morgan fingerprint density at radius 2 is 1.74 bits per heavy atom. The van der Waals surface area contributed by atoms with E-state index in [4.69, 9.17) is 4.42 Å². The smallest absolute Gasteiger partial charge is 0.261 e. The van der Waals surface area contributed by atoms with Gasteiger partial charge < -0.3 is 0 Å². The molecule has 100 valence electrons. The maximum atomic E-state index is 14.0. The van der Waals surface area contributed by atoms with Crippen LogP contribution in [-0.4, -0.2) is 12.9 Å². The van der Waals surface area contributed by atoms with E-state index in [1.165, 1.54) is 7.11 Å². The van der Waals surface area contributed by atoms with Gasteiger partial charge >= 0.3 is 5.78 Å². The van der Waals surface area contributed by atoms with E-state index in [9.17, 15) is 17.6 Å². The molecule has 0 spiro atoms. The third-order valence-corrected chi connectivity index (χ3v) is 3.96. The molecule has 2 bridgehead atoms. The number of allylic oxidation sites excluding steroid dienone is 2. The van der Waals surface area contributed by atoms with Crippen LogP contribution in [0.25, 0.3) is 0 Å². The first kappa shape index (κ1) is 12.4. The van der Waals surface area contributed by atoms with Crippen LogP contribution in [0.2, 0.25) is 0 Å². The topological polar surface area (TPSA) is 11.3 Å². The first-order valence-electron chi connectivity index (χ1n) is 5.87. The normalized spacial score (nSPS) is 30.0. The standard InChI is InChI=1S/C14H11F4O/c1-14-4-3-6(5-14)7-8(13(14)19-2)10(16)12(18)11(17)9(7)15/h3-4,6H,5H2,1-2H3/q+1. The molecule has 3 rings (SSSR count). The third kappa shape index (κ3) is 1.38. The van der Waals surface area contributed by atoms with Crippen LogP contribution in [0, 0.1) is 28.7 Å². The molecule has 2 aliphatic carbocycles. The lowest BCUT2D eigenvalue weighted by molar-refractivity contribution is -0.230. The second-order valence-electron chi connectivity index (χ2n) is 5.17. The van der Waals surface area contributed by atoms with Crippen LogP contribution in [0.4, 0.5) is 17.6 Å². The van der Waals surface area contributed by atoms with E-state index in [1.54, 1.807) is 19.1 Å². The van der Waals surface area contributed by atoms with Crippen molar-refractivity contribution in [1.82, 2.24) is 0 Å². The van der Waals surface area contributed by atoms with E-state index in [0.717, 1.165) is 0 Å². The van der Waals surface area contributed by atoms with Crippen LogP contribution in [0.5, 0.6) is 0 Å². The minimum absolute atomic E-state index is 0.141. The lowest BCUT2D eigenvalue weighted by Crippen LogP contribution is -2.33. The molecule has 0 radical (unpaired) electrons. The predicted octanol–water partition coefficient (Wildman–Crippen LogP) is 3.65. The highest BCUT2D eigenvalue weighted by Gasteiger charge is 2.53. The zero-order chi connectivity index (χ0) is 13.9. The molecular formula is C14H11F4O+. The van der Waals surface area contributed by atoms with E-state index in [0.29, 0.717) is 6.42 Å². The zero-order valence-corrected chi connectivity index (χ0v) is 10.4. The molecule has 2 atom stereocenters. The number of ketones is 1. The number of carbonyl (C=O) groups excluding carboxylic acids is 1. The SMILES string of the molecule is C[O+]=C1c2c(F)c(F)c(F)c(F)c2C2C=CC1(C)C2. The van der Waals surface area contributed by atoms with E-state index >= 15 is 0 Å². The summed E-state index contributed by atoms with van der Waals surface area (Å²) in [4.78, 5) is 0. The van der Waals surface area contributed by atoms with Crippen molar-refractivity contribution in [3.05, 3.63) is 46.5 Å². The van der Waals surface area contributed by atoms with Gasteiger partial charge in [-0.15, -0.1) is 0 Å². The molecule has 19 heavy (non-hydrogen) atoms. The van der Waals surface area contributed by atoms with Crippen LogP contribution in [0.3, 0.4) is 0 Å². The Kier molecular flexibility index (Phi) is 2.40. The number of fused-ring (bicyclic) bond motifs is 4. The lowest BCUT2D eigenvalue weighted by Gasteiger charge is -2.27. The molecule has 1 nitrogen and oxygen atoms in total. The van der Waals surface area contributed by atoms with Gasteiger partial charge in [0.05, 0.1) is 0 Å². The monoisotopic (exact) mass is 271 g/mol. The third-order valence-electron chi connectivity index (χ3n) is 3.96. The molecule has 0 fully saturated rings. The van der Waals surface area contributed by atoms with E-state index in [2.05, 4.69) is 0 Å². The van der Waals surface area contributed by atoms with Crippen LogP contribution in [0.1, 0.15) is 34.8 Å². The lowest BCUT2D eigenvalue weighted by atomic mass is 9.71. The molecule has 2 aliphatic rings. The molecule has 1 aromatic rings. The highest BCUT2D eigenvalue weighted by molar-refractivity contribution is 6.05. The molecule has 0 saturated heterocycles. The minimum atomic E-state index is -1.80. The van der Waals surface area contributed by atoms with Crippen molar-refractivity contribution in [2.45, 2.75) is 19.3 Å². The van der Waals surface area contributed by atoms with Gasteiger partial charge in [-0.1, -0.05) is 12.2 Å². The summed E-state index contributed by atoms with van der Waals surface area (Å²) in [5.74, 6) is -6.59. The van der Waals surface area contributed by atoms with Crippen LogP contribution >= 0.6 is 0 Å². The van der Waals surface area contributed by atoms with Gasteiger partial charge in [0, 0.05) is 11.5 Å². The predicted molar refractivity (Wildman–Crippen MR) is 61.1 cm³/mol. The number of benzene rings is 1. The first-order chi connectivity index (χ1) is 8.90. The van der Waals surface area contributed by atoms with Gasteiger partial charge in [-0.25, -0.2) is 17.6 Å². The maximum Gasteiger partial charge on any atom is 0.339 e. The Bertz CT molecular complexity index is 648. The van der Waals surface area contributed by atoms with Gasteiger partial charge in [-0.2, -0.15) is 0 Å². The second-order valence-corrected chi connectivity index (χ2v) is 5.17.